The maximum Gasteiger partial charge on any atom is 0.180 e. The maximum absolute atomic E-state index is 12.0. The van der Waals surface area contributed by atoms with Crippen LogP contribution in [0.15, 0.2) is 4.90 Å². The van der Waals surface area contributed by atoms with Crippen LogP contribution in [0.25, 0.3) is 0 Å². The van der Waals surface area contributed by atoms with Crippen LogP contribution < -0.4 is 10.6 Å². The van der Waals surface area contributed by atoms with Gasteiger partial charge in [0.25, 0.3) is 0 Å². The number of morpholine rings is 1. The highest BCUT2D eigenvalue weighted by Crippen LogP contribution is 2.41. The Morgan fingerprint density at radius 3 is 2.40 bits per heavy atom. The number of rotatable bonds is 2. The van der Waals surface area contributed by atoms with Crippen molar-refractivity contribution in [3.63, 3.8) is 0 Å². The number of sulfone groups is 1. The molecule has 110 valence electrons. The van der Waals surface area contributed by atoms with Gasteiger partial charge < -0.3 is 15.4 Å². The molecule has 20 heavy (non-hydrogen) atoms. The number of nitrogens with zero attached hydrogens (tertiary/aromatic N) is 2. The minimum Gasteiger partial charge on any atom is -0.396 e. The van der Waals surface area contributed by atoms with Gasteiger partial charge in [0.15, 0.2) is 9.84 Å². The molecule has 2 atom stereocenters. The first-order chi connectivity index (χ1) is 9.24. The molecule has 1 aliphatic rings. The minimum atomic E-state index is -3.49. The largest absolute Gasteiger partial charge is 0.396 e. The van der Waals surface area contributed by atoms with Crippen molar-refractivity contribution in [2.75, 3.05) is 30.0 Å². The van der Waals surface area contributed by atoms with E-state index in [0.29, 0.717) is 18.1 Å². The van der Waals surface area contributed by atoms with E-state index in [9.17, 15) is 8.42 Å². The zero-order valence-electron chi connectivity index (χ0n) is 11.6. The molecule has 1 aromatic heterocycles. The highest BCUT2D eigenvalue weighted by molar-refractivity contribution is 7.91. The summed E-state index contributed by atoms with van der Waals surface area (Å²) in [5, 5.41) is 9.61. The van der Waals surface area contributed by atoms with Gasteiger partial charge in [0.1, 0.15) is 20.8 Å². The fraction of sp³-hybridized carbons (Fsp3) is 0.583. The second kappa shape index (κ2) is 5.24. The summed E-state index contributed by atoms with van der Waals surface area (Å²) in [6.07, 6.45) is 1.11. The summed E-state index contributed by atoms with van der Waals surface area (Å²) in [6.45, 7) is 5.03. The molecule has 6 nitrogen and oxygen atoms in total. The molecule has 0 bridgehead atoms. The number of ether oxygens (including phenoxy) is 1. The summed E-state index contributed by atoms with van der Waals surface area (Å²) >= 11 is 1.13. The van der Waals surface area contributed by atoms with Gasteiger partial charge >= 0.3 is 0 Å². The molecule has 0 amide bonds. The molecular formula is C12H17N3O3S2. The molecule has 2 rings (SSSR count). The number of hydrogen-bond donors (Lipinski definition) is 1. The minimum absolute atomic E-state index is 0.0000189. The average Bonchev–Trinajstić information content (AvgIpc) is 2.64. The van der Waals surface area contributed by atoms with Crippen LogP contribution in [0.5, 0.6) is 0 Å². The second-order valence-electron chi connectivity index (χ2n) is 5.03. The third-order valence-corrected chi connectivity index (χ3v) is 5.52. The maximum atomic E-state index is 12.0. The third kappa shape index (κ3) is 2.75. The van der Waals surface area contributed by atoms with Gasteiger partial charge in [-0.1, -0.05) is 0 Å². The predicted octanol–water partition coefficient (Wildman–Crippen LogP) is 1.22. The van der Waals surface area contributed by atoms with Gasteiger partial charge in [-0.25, -0.2) is 8.42 Å². The van der Waals surface area contributed by atoms with E-state index in [1.165, 1.54) is 0 Å². The highest BCUT2D eigenvalue weighted by atomic mass is 32.2. The number of nitrogen functional groups attached to an aromatic ring is 1. The number of thiophene rings is 1. The van der Waals surface area contributed by atoms with Crippen LogP contribution in [-0.2, 0) is 14.6 Å². The quantitative estimate of drug-likeness (QED) is 0.881. The summed E-state index contributed by atoms with van der Waals surface area (Å²) in [7, 11) is -3.49. The van der Waals surface area contributed by atoms with Crippen molar-refractivity contribution in [2.45, 2.75) is 31.0 Å². The summed E-state index contributed by atoms with van der Waals surface area (Å²) < 4.78 is 29.6. The Bertz CT molecular complexity index is 650. The van der Waals surface area contributed by atoms with E-state index in [0.717, 1.165) is 17.6 Å². The Kier molecular flexibility index (Phi) is 3.95. The van der Waals surface area contributed by atoms with E-state index in [4.69, 9.17) is 15.7 Å². The van der Waals surface area contributed by atoms with Gasteiger partial charge in [-0.3, -0.25) is 0 Å². The van der Waals surface area contributed by atoms with E-state index in [-0.39, 0.29) is 27.7 Å². The van der Waals surface area contributed by atoms with Crippen LogP contribution in [0.3, 0.4) is 0 Å². The summed E-state index contributed by atoms with van der Waals surface area (Å²) in [4.78, 5) is 2.25. The standard InChI is InChI=1S/C12H17N3O3S2/c1-7-5-15(6-8(2)18-7)12-11(20(3,16)17)10(14)9(4-13)19-12/h7-8H,5-6,14H2,1-3H3/t7-,8+. The second-order valence-corrected chi connectivity index (χ2v) is 7.98. The Morgan fingerprint density at radius 1 is 1.40 bits per heavy atom. The molecule has 0 spiro atoms. The zero-order valence-corrected chi connectivity index (χ0v) is 13.2. The molecule has 1 aromatic rings. The summed E-state index contributed by atoms with van der Waals surface area (Å²) in [6, 6.07) is 1.96. The summed E-state index contributed by atoms with van der Waals surface area (Å²) in [5.41, 5.74) is 5.88. The number of anilines is 2. The lowest BCUT2D eigenvalue weighted by atomic mass is 10.2. The normalized spacial score (nSPS) is 23.6. The molecule has 2 heterocycles. The van der Waals surface area contributed by atoms with Gasteiger partial charge in [0.2, 0.25) is 0 Å². The molecule has 0 radical (unpaired) electrons. The SMILES string of the molecule is C[C@@H]1CN(c2sc(C#N)c(N)c2S(C)(=O)=O)C[C@H](C)O1. The number of nitriles is 1. The Balaban J connectivity index is 2.54. The molecule has 8 heteroatoms. The molecule has 0 aliphatic carbocycles. The monoisotopic (exact) mass is 315 g/mol. The van der Waals surface area contributed by atoms with E-state index in [1.54, 1.807) is 0 Å². The molecule has 1 saturated heterocycles. The first-order valence-electron chi connectivity index (χ1n) is 6.16. The molecule has 0 saturated carbocycles. The van der Waals surface area contributed by atoms with E-state index in [2.05, 4.69) is 0 Å². The highest BCUT2D eigenvalue weighted by Gasteiger charge is 2.31. The van der Waals surface area contributed by atoms with Crippen LogP contribution in [0.1, 0.15) is 18.7 Å². The molecule has 1 aliphatic heterocycles. The average molecular weight is 315 g/mol. The van der Waals surface area contributed by atoms with Crippen LogP contribution >= 0.6 is 11.3 Å². The Labute approximate surface area is 122 Å². The Morgan fingerprint density at radius 2 is 1.95 bits per heavy atom. The molecule has 0 aromatic carbocycles. The van der Waals surface area contributed by atoms with Crippen LogP contribution in [0, 0.1) is 11.3 Å². The molecule has 0 unspecified atom stereocenters. The first-order valence-corrected chi connectivity index (χ1v) is 8.87. The third-order valence-electron chi connectivity index (χ3n) is 3.06. The van der Waals surface area contributed by atoms with E-state index in [1.807, 2.05) is 24.8 Å². The fourth-order valence-corrected chi connectivity index (χ4v) is 4.93. The van der Waals surface area contributed by atoms with Gasteiger partial charge in [0, 0.05) is 19.3 Å². The predicted molar refractivity (Wildman–Crippen MR) is 78.8 cm³/mol. The fourth-order valence-electron chi connectivity index (χ4n) is 2.41. The van der Waals surface area contributed by atoms with E-state index >= 15 is 0 Å². The molecular weight excluding hydrogens is 298 g/mol. The number of nitrogens with two attached hydrogens (primary N) is 1. The summed E-state index contributed by atoms with van der Waals surface area (Å²) in [5.74, 6) is 0. The number of hydrogen-bond acceptors (Lipinski definition) is 7. The van der Waals surface area contributed by atoms with Crippen molar-refractivity contribution in [3.8, 4) is 6.07 Å². The van der Waals surface area contributed by atoms with Gasteiger partial charge in [-0.15, -0.1) is 11.3 Å². The van der Waals surface area contributed by atoms with Crippen LogP contribution in [-0.4, -0.2) is 40.0 Å². The zero-order chi connectivity index (χ0) is 15.1. The van der Waals surface area contributed by atoms with Crippen LogP contribution in [0.4, 0.5) is 10.7 Å². The topological polar surface area (TPSA) is 96.4 Å². The van der Waals surface area contributed by atoms with Gasteiger partial charge in [-0.2, -0.15) is 5.26 Å². The molecule has 2 N–H and O–H groups in total. The van der Waals surface area contributed by atoms with E-state index < -0.39 is 9.84 Å². The van der Waals surface area contributed by atoms with Crippen molar-refractivity contribution < 1.29 is 13.2 Å². The smallest absolute Gasteiger partial charge is 0.180 e. The molecule has 1 fully saturated rings. The van der Waals surface area contributed by atoms with Crippen molar-refractivity contribution in [2.24, 2.45) is 0 Å². The van der Waals surface area contributed by atoms with Crippen molar-refractivity contribution in [1.29, 1.82) is 5.26 Å². The Hall–Kier alpha value is -1.30. The van der Waals surface area contributed by atoms with Gasteiger partial charge in [0.05, 0.1) is 17.9 Å². The lowest BCUT2D eigenvalue weighted by molar-refractivity contribution is -0.00514. The van der Waals surface area contributed by atoms with Crippen LogP contribution in [0.2, 0.25) is 0 Å². The van der Waals surface area contributed by atoms with Crippen molar-refractivity contribution in [3.05, 3.63) is 4.88 Å². The van der Waals surface area contributed by atoms with Crippen molar-refractivity contribution in [1.82, 2.24) is 0 Å². The lowest BCUT2D eigenvalue weighted by Gasteiger charge is -2.36. The van der Waals surface area contributed by atoms with Crippen molar-refractivity contribution >= 4 is 31.9 Å². The first kappa shape index (κ1) is 15.1. The lowest BCUT2D eigenvalue weighted by Crippen LogP contribution is -2.45. The van der Waals surface area contributed by atoms with Gasteiger partial charge in [-0.05, 0) is 13.8 Å².